The van der Waals surface area contributed by atoms with Crippen LogP contribution in [-0.4, -0.2) is 0 Å². The first-order chi connectivity index (χ1) is 5.16. The van der Waals surface area contributed by atoms with Gasteiger partial charge >= 0.3 is 0 Å². The summed E-state index contributed by atoms with van der Waals surface area (Å²) in [5.41, 5.74) is 1.22. The fraction of sp³-hybridized carbons (Fsp3) is 0.400. The molecule has 0 unspecified atom stereocenters. The van der Waals surface area contributed by atoms with E-state index in [9.17, 15) is 0 Å². The van der Waals surface area contributed by atoms with E-state index in [4.69, 9.17) is 11.6 Å². The molecule has 0 atom stereocenters. The number of hydrogen-bond acceptors (Lipinski definition) is 0. The van der Waals surface area contributed by atoms with Gasteiger partial charge in [-0.15, -0.1) is 0 Å². The SMILES string of the molecule is CC/C=C/C=C(/Cl)C=C(C)C. The largest absolute Gasteiger partial charge is 0.0848 e. The molecule has 0 aromatic rings. The molecule has 62 valence electrons. The van der Waals surface area contributed by atoms with Crippen molar-refractivity contribution < 1.29 is 0 Å². The normalized spacial score (nSPS) is 12.2. The molecular weight excluding hydrogens is 156 g/mol. The minimum Gasteiger partial charge on any atom is -0.0848 e. The molecule has 0 aromatic carbocycles. The first kappa shape index (κ1) is 10.5. The van der Waals surface area contributed by atoms with Crippen LogP contribution in [0.2, 0.25) is 0 Å². The Balaban J connectivity index is 4.01. The number of halogens is 1. The lowest BCUT2D eigenvalue weighted by Crippen LogP contribution is -1.66. The number of allylic oxidation sites excluding steroid dienone is 6. The molecule has 0 saturated heterocycles. The van der Waals surface area contributed by atoms with Crippen molar-refractivity contribution in [2.24, 2.45) is 0 Å². The predicted octanol–water partition coefficient (Wildman–Crippen LogP) is 4.04. The van der Waals surface area contributed by atoms with Gasteiger partial charge in [0.05, 0.1) is 0 Å². The number of rotatable bonds is 3. The lowest BCUT2D eigenvalue weighted by molar-refractivity contribution is 1.22. The van der Waals surface area contributed by atoms with E-state index in [1.807, 2.05) is 32.1 Å². The zero-order chi connectivity index (χ0) is 8.69. The van der Waals surface area contributed by atoms with Crippen molar-refractivity contribution in [1.82, 2.24) is 0 Å². The van der Waals surface area contributed by atoms with Crippen LogP contribution in [0.15, 0.2) is 34.9 Å². The highest BCUT2D eigenvalue weighted by Gasteiger charge is 1.82. The molecule has 0 nitrogen and oxygen atoms in total. The van der Waals surface area contributed by atoms with E-state index in [1.165, 1.54) is 5.57 Å². The van der Waals surface area contributed by atoms with Gasteiger partial charge in [0, 0.05) is 5.03 Å². The standard InChI is InChI=1S/C10H15Cl/c1-4-5-6-7-10(11)8-9(2)3/h5-8H,4H2,1-3H3/b6-5+,10-7+. The third kappa shape index (κ3) is 7.41. The fourth-order valence-corrected chi connectivity index (χ4v) is 0.911. The van der Waals surface area contributed by atoms with Crippen LogP contribution < -0.4 is 0 Å². The quantitative estimate of drug-likeness (QED) is 0.561. The summed E-state index contributed by atoms with van der Waals surface area (Å²) in [6.45, 7) is 6.15. The molecule has 0 aromatic heterocycles. The van der Waals surface area contributed by atoms with E-state index >= 15 is 0 Å². The molecule has 0 heterocycles. The van der Waals surface area contributed by atoms with Gasteiger partial charge in [-0.05, 0) is 32.4 Å². The topological polar surface area (TPSA) is 0 Å². The molecular formula is C10H15Cl. The third-order valence-corrected chi connectivity index (χ3v) is 1.29. The van der Waals surface area contributed by atoms with Crippen molar-refractivity contribution in [3.63, 3.8) is 0 Å². The van der Waals surface area contributed by atoms with Gasteiger partial charge in [-0.1, -0.05) is 36.2 Å². The van der Waals surface area contributed by atoms with Crippen LogP contribution in [0.25, 0.3) is 0 Å². The van der Waals surface area contributed by atoms with Crippen molar-refractivity contribution in [3.8, 4) is 0 Å². The maximum atomic E-state index is 5.85. The zero-order valence-corrected chi connectivity index (χ0v) is 8.15. The van der Waals surface area contributed by atoms with E-state index < -0.39 is 0 Å². The zero-order valence-electron chi connectivity index (χ0n) is 7.39. The Morgan fingerprint density at radius 1 is 1.36 bits per heavy atom. The first-order valence-electron chi connectivity index (χ1n) is 3.84. The van der Waals surface area contributed by atoms with Gasteiger partial charge in [0.15, 0.2) is 0 Å². The van der Waals surface area contributed by atoms with Gasteiger partial charge < -0.3 is 0 Å². The van der Waals surface area contributed by atoms with Gasteiger partial charge in [0.2, 0.25) is 0 Å². The Morgan fingerprint density at radius 3 is 2.45 bits per heavy atom. The van der Waals surface area contributed by atoms with Crippen molar-refractivity contribution in [3.05, 3.63) is 34.9 Å². The highest BCUT2D eigenvalue weighted by atomic mass is 35.5. The Morgan fingerprint density at radius 2 is 2.00 bits per heavy atom. The van der Waals surface area contributed by atoms with Gasteiger partial charge in [-0.2, -0.15) is 0 Å². The highest BCUT2D eigenvalue weighted by Crippen LogP contribution is 2.06. The average Bonchev–Trinajstić information content (AvgIpc) is 1.86. The first-order valence-corrected chi connectivity index (χ1v) is 4.21. The van der Waals surface area contributed by atoms with Crippen molar-refractivity contribution >= 4 is 11.6 Å². The minimum absolute atomic E-state index is 0.787. The predicted molar refractivity (Wildman–Crippen MR) is 52.8 cm³/mol. The summed E-state index contributed by atoms with van der Waals surface area (Å²) in [7, 11) is 0. The summed E-state index contributed by atoms with van der Waals surface area (Å²) in [5, 5.41) is 0.787. The maximum absolute atomic E-state index is 5.85. The number of hydrogen-bond donors (Lipinski definition) is 0. The van der Waals surface area contributed by atoms with Crippen molar-refractivity contribution in [1.29, 1.82) is 0 Å². The second kappa shape index (κ2) is 6.23. The molecule has 0 rings (SSSR count). The van der Waals surface area contributed by atoms with Gasteiger partial charge in [0.25, 0.3) is 0 Å². The lowest BCUT2D eigenvalue weighted by atomic mass is 10.3. The Kier molecular flexibility index (Phi) is 5.96. The maximum Gasteiger partial charge on any atom is 0.0405 e. The Hall–Kier alpha value is -0.490. The van der Waals surface area contributed by atoms with E-state index in [2.05, 4.69) is 13.0 Å². The van der Waals surface area contributed by atoms with E-state index in [-0.39, 0.29) is 0 Å². The Labute approximate surface area is 74.3 Å². The van der Waals surface area contributed by atoms with E-state index in [1.54, 1.807) is 0 Å². The average molecular weight is 171 g/mol. The molecule has 1 heteroatoms. The molecule has 0 radical (unpaired) electrons. The van der Waals surface area contributed by atoms with Crippen molar-refractivity contribution in [2.75, 3.05) is 0 Å². The molecule has 0 aliphatic rings. The van der Waals surface area contributed by atoms with Crippen LogP contribution in [-0.2, 0) is 0 Å². The summed E-state index contributed by atoms with van der Waals surface area (Å²) in [5.74, 6) is 0. The molecule has 0 aliphatic heterocycles. The fourth-order valence-electron chi connectivity index (χ4n) is 0.620. The molecule has 0 bridgehead atoms. The third-order valence-electron chi connectivity index (χ3n) is 1.05. The van der Waals surface area contributed by atoms with E-state index in [0.717, 1.165) is 11.5 Å². The molecule has 0 fully saturated rings. The van der Waals surface area contributed by atoms with Crippen LogP contribution in [0.4, 0.5) is 0 Å². The monoisotopic (exact) mass is 170 g/mol. The van der Waals surface area contributed by atoms with Crippen LogP contribution in [0.1, 0.15) is 27.2 Å². The lowest BCUT2D eigenvalue weighted by Gasteiger charge is -1.87. The molecule has 11 heavy (non-hydrogen) atoms. The van der Waals surface area contributed by atoms with Gasteiger partial charge in [-0.3, -0.25) is 0 Å². The van der Waals surface area contributed by atoms with Crippen LogP contribution in [0, 0.1) is 0 Å². The second-order valence-corrected chi connectivity index (χ2v) is 3.05. The minimum atomic E-state index is 0.787. The highest BCUT2D eigenvalue weighted by molar-refractivity contribution is 6.31. The molecule has 0 saturated carbocycles. The summed E-state index contributed by atoms with van der Waals surface area (Å²) in [4.78, 5) is 0. The summed E-state index contributed by atoms with van der Waals surface area (Å²) < 4.78 is 0. The van der Waals surface area contributed by atoms with Gasteiger partial charge in [0.1, 0.15) is 0 Å². The second-order valence-electron chi connectivity index (χ2n) is 2.61. The molecule has 0 N–H and O–H groups in total. The van der Waals surface area contributed by atoms with E-state index in [0.29, 0.717) is 0 Å². The van der Waals surface area contributed by atoms with Crippen LogP contribution >= 0.6 is 11.6 Å². The molecule has 0 amide bonds. The van der Waals surface area contributed by atoms with Crippen molar-refractivity contribution in [2.45, 2.75) is 27.2 Å². The summed E-state index contributed by atoms with van der Waals surface area (Å²) >= 11 is 5.85. The van der Waals surface area contributed by atoms with Gasteiger partial charge in [-0.25, -0.2) is 0 Å². The summed E-state index contributed by atoms with van der Waals surface area (Å²) in [6, 6.07) is 0. The van der Waals surface area contributed by atoms with Crippen LogP contribution in [0.5, 0.6) is 0 Å². The Bertz CT molecular complexity index is 181. The molecule has 0 aliphatic carbocycles. The van der Waals surface area contributed by atoms with Crippen LogP contribution in [0.3, 0.4) is 0 Å². The smallest absolute Gasteiger partial charge is 0.0405 e. The summed E-state index contributed by atoms with van der Waals surface area (Å²) in [6.07, 6.45) is 8.94. The molecule has 0 spiro atoms.